The summed E-state index contributed by atoms with van der Waals surface area (Å²) in [7, 11) is 1.31. The SMILES string of the molecule is COC(=O)c1cc(C)sc1NC(=O)c1cc(COc2ccc3c(c2)OCO3)cs1. The molecule has 3 aromatic rings. The van der Waals surface area contributed by atoms with Crippen molar-refractivity contribution in [2.75, 3.05) is 19.2 Å². The van der Waals surface area contributed by atoms with Gasteiger partial charge in [0.15, 0.2) is 11.5 Å². The van der Waals surface area contributed by atoms with Crippen molar-refractivity contribution in [3.8, 4) is 17.2 Å². The van der Waals surface area contributed by atoms with Crippen LogP contribution in [0.15, 0.2) is 35.7 Å². The Kier molecular flexibility index (Phi) is 5.41. The first-order chi connectivity index (χ1) is 14.0. The van der Waals surface area contributed by atoms with Gasteiger partial charge in [0.2, 0.25) is 6.79 Å². The van der Waals surface area contributed by atoms with Crippen molar-refractivity contribution in [3.63, 3.8) is 0 Å². The number of benzene rings is 1. The van der Waals surface area contributed by atoms with Crippen LogP contribution in [0.5, 0.6) is 17.2 Å². The van der Waals surface area contributed by atoms with Crippen LogP contribution in [0.1, 0.15) is 30.5 Å². The van der Waals surface area contributed by atoms with Gasteiger partial charge in [-0.2, -0.15) is 0 Å². The van der Waals surface area contributed by atoms with Crippen LogP contribution in [0.3, 0.4) is 0 Å². The van der Waals surface area contributed by atoms with E-state index in [1.807, 2.05) is 12.3 Å². The largest absolute Gasteiger partial charge is 0.489 e. The van der Waals surface area contributed by atoms with Gasteiger partial charge in [-0.05, 0) is 36.6 Å². The molecule has 0 radical (unpaired) electrons. The molecule has 150 valence electrons. The highest BCUT2D eigenvalue weighted by atomic mass is 32.1. The Labute approximate surface area is 174 Å². The normalized spacial score (nSPS) is 11.9. The molecule has 9 heteroatoms. The number of hydrogen-bond donors (Lipinski definition) is 1. The zero-order valence-corrected chi connectivity index (χ0v) is 17.3. The van der Waals surface area contributed by atoms with Gasteiger partial charge in [-0.25, -0.2) is 4.79 Å². The Bertz CT molecular complexity index is 1070. The van der Waals surface area contributed by atoms with E-state index >= 15 is 0 Å². The highest BCUT2D eigenvalue weighted by molar-refractivity contribution is 7.17. The fourth-order valence-corrected chi connectivity index (χ4v) is 4.42. The first-order valence-electron chi connectivity index (χ1n) is 8.63. The summed E-state index contributed by atoms with van der Waals surface area (Å²) in [5.41, 5.74) is 1.22. The standard InChI is InChI=1S/C20H17NO6S2/c1-11-5-14(20(23)24-2)19(29-11)21-18(22)17-6-12(9-28-17)8-25-13-3-4-15-16(7-13)27-10-26-15/h3-7,9H,8,10H2,1-2H3,(H,21,22). The summed E-state index contributed by atoms with van der Waals surface area (Å²) in [5.74, 6) is 1.25. The molecule has 1 aliphatic rings. The number of rotatable bonds is 6. The summed E-state index contributed by atoms with van der Waals surface area (Å²) in [6, 6.07) is 8.85. The summed E-state index contributed by atoms with van der Waals surface area (Å²) in [6.45, 7) is 2.39. The molecule has 2 aromatic heterocycles. The van der Waals surface area contributed by atoms with Crippen molar-refractivity contribution < 1.29 is 28.5 Å². The Hall–Kier alpha value is -3.04. The van der Waals surface area contributed by atoms with Crippen molar-refractivity contribution in [3.05, 3.63) is 56.6 Å². The molecule has 3 heterocycles. The smallest absolute Gasteiger partial charge is 0.340 e. The van der Waals surface area contributed by atoms with Gasteiger partial charge in [0.1, 0.15) is 17.4 Å². The molecule has 0 unspecified atom stereocenters. The highest BCUT2D eigenvalue weighted by Gasteiger charge is 2.19. The van der Waals surface area contributed by atoms with Gasteiger partial charge in [0, 0.05) is 16.5 Å². The molecule has 1 amide bonds. The first kappa shape index (κ1) is 19.3. The van der Waals surface area contributed by atoms with E-state index in [1.165, 1.54) is 29.8 Å². The minimum Gasteiger partial charge on any atom is -0.489 e. The van der Waals surface area contributed by atoms with E-state index in [1.54, 1.807) is 30.3 Å². The second-order valence-electron chi connectivity index (χ2n) is 6.17. The number of anilines is 1. The lowest BCUT2D eigenvalue weighted by molar-refractivity contribution is 0.0602. The van der Waals surface area contributed by atoms with E-state index in [0.29, 0.717) is 39.3 Å². The van der Waals surface area contributed by atoms with Crippen LogP contribution >= 0.6 is 22.7 Å². The minimum absolute atomic E-state index is 0.212. The van der Waals surface area contributed by atoms with Crippen LogP contribution in [0.25, 0.3) is 0 Å². The number of esters is 1. The van der Waals surface area contributed by atoms with Crippen LogP contribution in [0.2, 0.25) is 0 Å². The lowest BCUT2D eigenvalue weighted by atomic mass is 10.3. The zero-order chi connectivity index (χ0) is 20.4. The van der Waals surface area contributed by atoms with E-state index in [-0.39, 0.29) is 12.7 Å². The topological polar surface area (TPSA) is 83.1 Å². The third-order valence-corrected chi connectivity index (χ3v) is 6.06. The number of aryl methyl sites for hydroxylation is 1. The number of thiophene rings is 2. The Morgan fingerprint density at radius 1 is 1.17 bits per heavy atom. The molecule has 7 nitrogen and oxygen atoms in total. The molecule has 4 rings (SSSR count). The van der Waals surface area contributed by atoms with Crippen molar-refractivity contribution in [1.82, 2.24) is 0 Å². The number of carbonyl (C=O) groups excluding carboxylic acids is 2. The van der Waals surface area contributed by atoms with Gasteiger partial charge in [0.05, 0.1) is 17.6 Å². The van der Waals surface area contributed by atoms with Gasteiger partial charge in [-0.3, -0.25) is 4.79 Å². The van der Waals surface area contributed by atoms with Crippen LogP contribution < -0.4 is 19.5 Å². The lowest BCUT2D eigenvalue weighted by Crippen LogP contribution is -2.12. The number of hydrogen-bond acceptors (Lipinski definition) is 8. The molecule has 0 bridgehead atoms. The van der Waals surface area contributed by atoms with Crippen LogP contribution in [0.4, 0.5) is 5.00 Å². The summed E-state index contributed by atoms with van der Waals surface area (Å²) < 4.78 is 21.2. The molecule has 0 fully saturated rings. The third-order valence-electron chi connectivity index (χ3n) is 4.11. The van der Waals surface area contributed by atoms with Crippen LogP contribution in [-0.4, -0.2) is 25.8 Å². The number of nitrogens with one attached hydrogen (secondary N) is 1. The van der Waals surface area contributed by atoms with E-state index in [0.717, 1.165) is 10.4 Å². The predicted molar refractivity (Wildman–Crippen MR) is 110 cm³/mol. The van der Waals surface area contributed by atoms with Gasteiger partial charge < -0.3 is 24.3 Å². The van der Waals surface area contributed by atoms with Gasteiger partial charge in [-0.15, -0.1) is 22.7 Å². The summed E-state index contributed by atoms with van der Waals surface area (Å²) >= 11 is 2.64. The number of amides is 1. The Morgan fingerprint density at radius 2 is 2.00 bits per heavy atom. The first-order valence-corrected chi connectivity index (χ1v) is 10.3. The molecule has 1 aliphatic heterocycles. The number of methoxy groups -OCH3 is 1. The maximum absolute atomic E-state index is 12.6. The number of fused-ring (bicyclic) bond motifs is 1. The molecule has 0 saturated carbocycles. The monoisotopic (exact) mass is 431 g/mol. The van der Waals surface area contributed by atoms with E-state index in [2.05, 4.69) is 5.32 Å². The minimum atomic E-state index is -0.478. The Morgan fingerprint density at radius 3 is 2.83 bits per heavy atom. The van der Waals surface area contributed by atoms with E-state index < -0.39 is 5.97 Å². The Balaban J connectivity index is 1.40. The third kappa shape index (κ3) is 4.20. The second kappa shape index (κ2) is 8.14. The fraction of sp³-hybridized carbons (Fsp3) is 0.200. The number of ether oxygens (including phenoxy) is 4. The van der Waals surface area contributed by atoms with E-state index in [9.17, 15) is 9.59 Å². The molecule has 1 N–H and O–H groups in total. The quantitative estimate of drug-likeness (QED) is 0.580. The summed E-state index contributed by atoms with van der Waals surface area (Å²) in [5, 5.41) is 5.14. The summed E-state index contributed by atoms with van der Waals surface area (Å²) in [6.07, 6.45) is 0. The van der Waals surface area contributed by atoms with E-state index in [4.69, 9.17) is 18.9 Å². The highest BCUT2D eigenvalue weighted by Crippen LogP contribution is 2.35. The lowest BCUT2D eigenvalue weighted by Gasteiger charge is -2.05. The summed E-state index contributed by atoms with van der Waals surface area (Å²) in [4.78, 5) is 25.9. The maximum Gasteiger partial charge on any atom is 0.340 e. The predicted octanol–water partition coefficient (Wildman–Crippen LogP) is 4.46. The molecule has 0 spiro atoms. The molecule has 0 atom stereocenters. The van der Waals surface area contributed by atoms with Gasteiger partial charge in [-0.1, -0.05) is 0 Å². The van der Waals surface area contributed by atoms with Crippen LogP contribution in [-0.2, 0) is 11.3 Å². The maximum atomic E-state index is 12.6. The number of carbonyl (C=O) groups is 2. The molecular weight excluding hydrogens is 414 g/mol. The van der Waals surface area contributed by atoms with Crippen LogP contribution in [0, 0.1) is 6.92 Å². The second-order valence-corrected chi connectivity index (χ2v) is 8.34. The molecule has 1 aromatic carbocycles. The molecular formula is C20H17NO6S2. The fourth-order valence-electron chi connectivity index (χ4n) is 2.74. The van der Waals surface area contributed by atoms with Gasteiger partial charge >= 0.3 is 5.97 Å². The average molecular weight is 431 g/mol. The molecule has 0 aliphatic carbocycles. The van der Waals surface area contributed by atoms with Crippen molar-refractivity contribution in [2.45, 2.75) is 13.5 Å². The van der Waals surface area contributed by atoms with Gasteiger partial charge in [0.25, 0.3) is 5.91 Å². The van der Waals surface area contributed by atoms with Crippen molar-refractivity contribution in [1.29, 1.82) is 0 Å². The average Bonchev–Trinajstić information content (AvgIpc) is 3.45. The van der Waals surface area contributed by atoms with Crippen molar-refractivity contribution in [2.24, 2.45) is 0 Å². The zero-order valence-electron chi connectivity index (χ0n) is 15.6. The molecule has 29 heavy (non-hydrogen) atoms. The van der Waals surface area contributed by atoms with Crippen molar-refractivity contribution >= 4 is 39.6 Å². The molecule has 0 saturated heterocycles.